The van der Waals surface area contributed by atoms with E-state index in [1.807, 2.05) is 31.2 Å². The summed E-state index contributed by atoms with van der Waals surface area (Å²) >= 11 is 1.35. The van der Waals surface area contributed by atoms with Crippen LogP contribution in [0.25, 0.3) is 10.1 Å². The third kappa shape index (κ3) is 2.49. The first-order valence-electron chi connectivity index (χ1n) is 5.21. The maximum atomic E-state index is 11.8. The van der Waals surface area contributed by atoms with E-state index in [1.54, 1.807) is 0 Å². The summed E-state index contributed by atoms with van der Waals surface area (Å²) < 4.78 is 1.01. The van der Waals surface area contributed by atoms with Crippen molar-refractivity contribution in [1.29, 1.82) is 0 Å². The minimum Gasteiger partial charge on any atom is -0.479 e. The van der Waals surface area contributed by atoms with E-state index in [0.29, 0.717) is 4.88 Å². The fraction of sp³-hybridized carbons (Fsp3) is 0.167. The van der Waals surface area contributed by atoms with Gasteiger partial charge in [0.05, 0.1) is 4.88 Å². The molecule has 1 heterocycles. The van der Waals surface area contributed by atoms with Gasteiger partial charge in [-0.1, -0.05) is 18.2 Å². The Morgan fingerprint density at radius 2 is 2.11 bits per heavy atom. The predicted molar refractivity (Wildman–Crippen MR) is 67.6 cm³/mol. The number of aliphatic carboxylic acids is 1. The summed E-state index contributed by atoms with van der Waals surface area (Å²) in [6.45, 7) is 1.29. The van der Waals surface area contributed by atoms with Crippen molar-refractivity contribution in [1.82, 2.24) is 5.48 Å². The summed E-state index contributed by atoms with van der Waals surface area (Å²) in [4.78, 5) is 27.1. The van der Waals surface area contributed by atoms with Crippen molar-refractivity contribution in [3.8, 4) is 0 Å². The van der Waals surface area contributed by atoms with Crippen LogP contribution in [0.5, 0.6) is 0 Å². The van der Waals surface area contributed by atoms with Gasteiger partial charge in [-0.25, -0.2) is 10.3 Å². The lowest BCUT2D eigenvalue weighted by atomic mass is 10.1. The topological polar surface area (TPSA) is 75.6 Å². The predicted octanol–water partition coefficient (Wildman–Crippen LogP) is 1.96. The average Bonchev–Trinajstić information content (AvgIpc) is 2.67. The Hall–Kier alpha value is -1.92. The molecule has 2 aromatic rings. The van der Waals surface area contributed by atoms with Crippen LogP contribution in [-0.2, 0) is 9.63 Å². The normalized spacial score (nSPS) is 10.5. The third-order valence-corrected chi connectivity index (χ3v) is 3.68. The van der Waals surface area contributed by atoms with Crippen molar-refractivity contribution in [3.63, 3.8) is 0 Å². The Kier molecular flexibility index (Phi) is 3.59. The van der Waals surface area contributed by atoms with Gasteiger partial charge in [0, 0.05) is 4.70 Å². The van der Waals surface area contributed by atoms with Crippen LogP contribution in [0.1, 0.15) is 15.2 Å². The van der Waals surface area contributed by atoms with Gasteiger partial charge >= 0.3 is 5.97 Å². The highest BCUT2D eigenvalue weighted by atomic mass is 32.1. The third-order valence-electron chi connectivity index (χ3n) is 2.41. The first-order chi connectivity index (χ1) is 8.59. The highest BCUT2D eigenvalue weighted by Crippen LogP contribution is 2.30. The van der Waals surface area contributed by atoms with Crippen molar-refractivity contribution in [2.45, 2.75) is 6.92 Å². The van der Waals surface area contributed by atoms with Gasteiger partial charge in [-0.05, 0) is 23.9 Å². The number of hydrogen-bond acceptors (Lipinski definition) is 4. The SMILES string of the molecule is Cc1c(C(=O)NOCC(=O)O)sc2ccccc12. The van der Waals surface area contributed by atoms with Crippen LogP contribution >= 0.6 is 11.3 Å². The quantitative estimate of drug-likeness (QED) is 0.828. The van der Waals surface area contributed by atoms with Gasteiger partial charge in [-0.15, -0.1) is 11.3 Å². The molecular formula is C12H11NO4S. The number of hydroxylamine groups is 1. The number of carboxylic acids is 1. The number of carboxylic acid groups (broad SMARTS) is 1. The summed E-state index contributed by atoms with van der Waals surface area (Å²) in [5.74, 6) is -1.56. The zero-order chi connectivity index (χ0) is 13.1. The first kappa shape index (κ1) is 12.5. The van der Waals surface area contributed by atoms with Crippen LogP contribution < -0.4 is 5.48 Å². The van der Waals surface area contributed by atoms with E-state index in [1.165, 1.54) is 11.3 Å². The summed E-state index contributed by atoms with van der Waals surface area (Å²) in [5.41, 5.74) is 2.99. The lowest BCUT2D eigenvalue weighted by Gasteiger charge is -2.02. The Bertz CT molecular complexity index is 605. The molecular weight excluding hydrogens is 254 g/mol. The van der Waals surface area contributed by atoms with Gasteiger partial charge in [0.2, 0.25) is 0 Å². The van der Waals surface area contributed by atoms with Crippen LogP contribution in [0.15, 0.2) is 24.3 Å². The molecule has 0 unspecified atom stereocenters. The molecule has 1 amide bonds. The van der Waals surface area contributed by atoms with Crippen LogP contribution in [0.3, 0.4) is 0 Å². The molecule has 1 aromatic heterocycles. The zero-order valence-electron chi connectivity index (χ0n) is 9.60. The Balaban J connectivity index is 2.17. The van der Waals surface area contributed by atoms with Gasteiger partial charge in [-0.3, -0.25) is 9.63 Å². The number of amides is 1. The lowest BCUT2D eigenvalue weighted by Crippen LogP contribution is -2.26. The van der Waals surface area contributed by atoms with E-state index in [2.05, 4.69) is 10.3 Å². The number of rotatable bonds is 4. The highest BCUT2D eigenvalue weighted by Gasteiger charge is 2.15. The summed E-state index contributed by atoms with van der Waals surface area (Å²) in [6, 6.07) is 7.68. The second-order valence-electron chi connectivity index (χ2n) is 3.67. The van der Waals surface area contributed by atoms with Gasteiger partial charge < -0.3 is 5.11 Å². The van der Waals surface area contributed by atoms with Crippen LogP contribution in [0.2, 0.25) is 0 Å². The molecule has 1 aromatic carbocycles. The van der Waals surface area contributed by atoms with E-state index >= 15 is 0 Å². The van der Waals surface area contributed by atoms with E-state index in [4.69, 9.17) is 5.11 Å². The van der Waals surface area contributed by atoms with Crippen molar-refractivity contribution >= 4 is 33.3 Å². The molecule has 0 aliphatic rings. The van der Waals surface area contributed by atoms with Gasteiger partial charge in [-0.2, -0.15) is 0 Å². The van der Waals surface area contributed by atoms with Crippen LogP contribution in [0, 0.1) is 6.92 Å². The highest BCUT2D eigenvalue weighted by molar-refractivity contribution is 7.21. The van der Waals surface area contributed by atoms with E-state index in [9.17, 15) is 9.59 Å². The molecule has 0 spiro atoms. The number of benzene rings is 1. The van der Waals surface area contributed by atoms with Crippen molar-refractivity contribution in [2.75, 3.05) is 6.61 Å². The number of nitrogens with one attached hydrogen (secondary N) is 1. The van der Waals surface area contributed by atoms with Crippen LogP contribution in [0.4, 0.5) is 0 Å². The smallest absolute Gasteiger partial charge is 0.332 e. The molecule has 6 heteroatoms. The Morgan fingerprint density at radius 1 is 1.39 bits per heavy atom. The lowest BCUT2D eigenvalue weighted by molar-refractivity contribution is -0.144. The second-order valence-corrected chi connectivity index (χ2v) is 4.72. The second kappa shape index (κ2) is 5.16. The van der Waals surface area contributed by atoms with Gasteiger partial charge in [0.25, 0.3) is 5.91 Å². The Labute approximate surface area is 107 Å². The first-order valence-corrected chi connectivity index (χ1v) is 6.03. The van der Waals surface area contributed by atoms with Crippen molar-refractivity contribution in [3.05, 3.63) is 34.7 Å². The molecule has 0 saturated carbocycles. The molecule has 5 nitrogen and oxygen atoms in total. The molecule has 0 fully saturated rings. The minimum absolute atomic E-state index is 0.421. The molecule has 2 rings (SSSR count). The Morgan fingerprint density at radius 3 is 2.78 bits per heavy atom. The largest absolute Gasteiger partial charge is 0.479 e. The maximum absolute atomic E-state index is 11.8. The van der Waals surface area contributed by atoms with E-state index < -0.39 is 18.5 Å². The fourth-order valence-corrected chi connectivity index (χ4v) is 2.70. The average molecular weight is 265 g/mol. The maximum Gasteiger partial charge on any atom is 0.332 e. The molecule has 0 aliphatic heterocycles. The van der Waals surface area contributed by atoms with Crippen molar-refractivity contribution in [2.24, 2.45) is 0 Å². The molecule has 0 aliphatic carbocycles. The fourth-order valence-electron chi connectivity index (χ4n) is 1.60. The molecule has 0 atom stereocenters. The molecule has 0 saturated heterocycles. The molecule has 0 radical (unpaired) electrons. The number of fused-ring (bicyclic) bond motifs is 1. The monoisotopic (exact) mass is 265 g/mol. The standard InChI is InChI=1S/C12H11NO4S/c1-7-8-4-2-3-5-9(8)18-11(7)12(16)13-17-6-10(14)15/h2-5H,6H2,1H3,(H,13,16)(H,14,15). The number of aryl methyl sites for hydroxylation is 1. The minimum atomic E-state index is -1.14. The van der Waals surface area contributed by atoms with E-state index in [0.717, 1.165) is 15.6 Å². The summed E-state index contributed by atoms with van der Waals surface area (Å²) in [6.07, 6.45) is 0. The molecule has 0 bridgehead atoms. The number of thiophene rings is 1. The number of carbonyl (C=O) groups excluding carboxylic acids is 1. The van der Waals surface area contributed by atoms with Crippen LogP contribution in [-0.4, -0.2) is 23.6 Å². The summed E-state index contributed by atoms with van der Waals surface area (Å²) in [5, 5.41) is 9.41. The summed E-state index contributed by atoms with van der Waals surface area (Å²) in [7, 11) is 0. The zero-order valence-corrected chi connectivity index (χ0v) is 10.4. The molecule has 94 valence electrons. The number of carbonyl (C=O) groups is 2. The molecule has 18 heavy (non-hydrogen) atoms. The van der Waals surface area contributed by atoms with Crippen molar-refractivity contribution < 1.29 is 19.5 Å². The van der Waals surface area contributed by atoms with Gasteiger partial charge in [0.1, 0.15) is 0 Å². The molecule has 2 N–H and O–H groups in total. The van der Waals surface area contributed by atoms with Gasteiger partial charge in [0.15, 0.2) is 6.61 Å². The van der Waals surface area contributed by atoms with E-state index in [-0.39, 0.29) is 0 Å². The number of hydrogen-bond donors (Lipinski definition) is 2.